The van der Waals surface area contributed by atoms with Crippen LogP contribution >= 0.6 is 11.6 Å². The van der Waals surface area contributed by atoms with Gasteiger partial charge in [-0.3, -0.25) is 9.59 Å². The number of nitrogens with zero attached hydrogens (tertiary/aromatic N) is 2. The van der Waals surface area contributed by atoms with E-state index in [4.69, 9.17) is 16.7 Å². The Bertz CT molecular complexity index is 1050. The number of aromatic hydroxyl groups is 1. The van der Waals surface area contributed by atoms with Crippen LogP contribution in [0.3, 0.4) is 0 Å². The van der Waals surface area contributed by atoms with Gasteiger partial charge in [-0.25, -0.2) is 9.97 Å². The molecule has 0 fully saturated rings. The van der Waals surface area contributed by atoms with Gasteiger partial charge >= 0.3 is 5.97 Å². The highest BCUT2D eigenvalue weighted by atomic mass is 35.5. The first-order valence-corrected chi connectivity index (χ1v) is 9.12. The van der Waals surface area contributed by atoms with E-state index in [0.717, 1.165) is 16.7 Å². The summed E-state index contributed by atoms with van der Waals surface area (Å²) in [7, 11) is 0. The molecule has 0 aliphatic carbocycles. The molecule has 1 amide bonds. The van der Waals surface area contributed by atoms with Crippen LogP contribution in [-0.4, -0.2) is 38.6 Å². The molecule has 0 atom stereocenters. The van der Waals surface area contributed by atoms with Crippen LogP contribution in [0.5, 0.6) is 5.75 Å². The van der Waals surface area contributed by atoms with Crippen molar-refractivity contribution in [2.75, 3.05) is 6.54 Å². The van der Waals surface area contributed by atoms with Crippen molar-refractivity contribution in [3.8, 4) is 16.9 Å². The van der Waals surface area contributed by atoms with Gasteiger partial charge in [-0.15, -0.1) is 0 Å². The summed E-state index contributed by atoms with van der Waals surface area (Å²) in [5.41, 5.74) is 2.99. The molecule has 1 aromatic heterocycles. The molecule has 1 heterocycles. The third-order valence-corrected chi connectivity index (χ3v) is 4.47. The number of amides is 1. The summed E-state index contributed by atoms with van der Waals surface area (Å²) in [6.45, 7) is 0.987. The Labute approximate surface area is 172 Å². The summed E-state index contributed by atoms with van der Waals surface area (Å²) >= 11 is 5.92. The number of carboxylic acids is 1. The normalized spacial score (nSPS) is 10.6. The molecule has 0 bridgehead atoms. The fraction of sp³-hybridized carbons (Fsp3) is 0.143. The molecule has 3 aromatic rings. The molecule has 2 aromatic carbocycles. The molecule has 0 saturated heterocycles. The van der Waals surface area contributed by atoms with Crippen LogP contribution in [0, 0.1) is 6.92 Å². The smallest absolute Gasteiger partial charge is 0.322 e. The maximum atomic E-state index is 12.1. The molecule has 7 nitrogen and oxygen atoms in total. The molecule has 0 saturated carbocycles. The van der Waals surface area contributed by atoms with Gasteiger partial charge in [0.05, 0.1) is 5.69 Å². The van der Waals surface area contributed by atoms with Crippen LogP contribution in [0.1, 0.15) is 27.6 Å². The maximum Gasteiger partial charge on any atom is 0.322 e. The maximum absolute atomic E-state index is 12.1. The first-order valence-electron chi connectivity index (χ1n) is 8.75. The quantitative estimate of drug-likeness (QED) is 0.574. The van der Waals surface area contributed by atoms with Crippen molar-refractivity contribution in [3.63, 3.8) is 0 Å². The van der Waals surface area contributed by atoms with Gasteiger partial charge in [0.15, 0.2) is 11.4 Å². The second kappa shape index (κ2) is 8.70. The number of carboxylic acid groups (broad SMARTS) is 1. The minimum absolute atomic E-state index is 0.244. The van der Waals surface area contributed by atoms with Crippen LogP contribution in [0.4, 0.5) is 0 Å². The molecule has 3 rings (SSSR count). The predicted molar refractivity (Wildman–Crippen MR) is 108 cm³/mol. The van der Waals surface area contributed by atoms with Gasteiger partial charge in [0, 0.05) is 11.4 Å². The monoisotopic (exact) mass is 411 g/mol. The van der Waals surface area contributed by atoms with Crippen molar-refractivity contribution < 1.29 is 19.8 Å². The van der Waals surface area contributed by atoms with Crippen LogP contribution in [0.2, 0.25) is 5.02 Å². The van der Waals surface area contributed by atoms with E-state index in [9.17, 15) is 14.7 Å². The van der Waals surface area contributed by atoms with E-state index in [0.29, 0.717) is 17.3 Å². The standard InChI is InChI=1S/C21H18ClN3O4/c1-12-20(28)19(21(29)23-11-18(26)27)25-17(24-12)10-13-2-4-14(5-3-13)15-6-8-16(22)9-7-15/h2-9,28H,10-11H2,1H3,(H,23,29)(H,26,27). The van der Waals surface area contributed by atoms with E-state index in [1.807, 2.05) is 48.5 Å². The number of aryl methyl sites for hydroxylation is 1. The molecule has 8 heteroatoms. The van der Waals surface area contributed by atoms with Gasteiger partial charge in [0.25, 0.3) is 5.91 Å². The Hall–Kier alpha value is -3.45. The number of hydrogen-bond acceptors (Lipinski definition) is 5. The van der Waals surface area contributed by atoms with E-state index in [1.54, 1.807) is 6.92 Å². The lowest BCUT2D eigenvalue weighted by atomic mass is 10.0. The molecule has 0 aliphatic rings. The molecule has 0 aliphatic heterocycles. The number of benzene rings is 2. The second-order valence-corrected chi connectivity index (χ2v) is 6.82. The summed E-state index contributed by atoms with van der Waals surface area (Å²) in [5, 5.41) is 21.6. The Morgan fingerprint density at radius 2 is 1.59 bits per heavy atom. The lowest BCUT2D eigenvalue weighted by Crippen LogP contribution is -2.30. The molecular formula is C21H18ClN3O4. The molecule has 0 unspecified atom stereocenters. The van der Waals surface area contributed by atoms with Crippen molar-refractivity contribution in [1.82, 2.24) is 15.3 Å². The summed E-state index contributed by atoms with van der Waals surface area (Å²) in [6.07, 6.45) is 0.348. The number of carbonyl (C=O) groups is 2. The highest BCUT2D eigenvalue weighted by Gasteiger charge is 2.18. The van der Waals surface area contributed by atoms with Crippen molar-refractivity contribution in [1.29, 1.82) is 0 Å². The minimum Gasteiger partial charge on any atom is -0.504 e. The average molecular weight is 412 g/mol. The van der Waals surface area contributed by atoms with E-state index in [2.05, 4.69) is 15.3 Å². The van der Waals surface area contributed by atoms with Crippen molar-refractivity contribution in [3.05, 3.63) is 76.3 Å². The van der Waals surface area contributed by atoms with Crippen LogP contribution in [-0.2, 0) is 11.2 Å². The number of halogens is 1. The van der Waals surface area contributed by atoms with Gasteiger partial charge < -0.3 is 15.5 Å². The predicted octanol–water partition coefficient (Wildman–Crippen LogP) is 3.22. The lowest BCUT2D eigenvalue weighted by Gasteiger charge is -2.09. The molecule has 3 N–H and O–H groups in total. The van der Waals surface area contributed by atoms with Crippen molar-refractivity contribution in [2.24, 2.45) is 0 Å². The van der Waals surface area contributed by atoms with E-state index in [-0.39, 0.29) is 17.1 Å². The van der Waals surface area contributed by atoms with Gasteiger partial charge in [-0.2, -0.15) is 0 Å². The first kappa shape index (κ1) is 20.3. The summed E-state index contributed by atoms with van der Waals surface area (Å²) in [6, 6.07) is 15.3. The zero-order valence-corrected chi connectivity index (χ0v) is 16.3. The molecule has 148 valence electrons. The Morgan fingerprint density at radius 3 is 2.17 bits per heavy atom. The van der Waals surface area contributed by atoms with E-state index in [1.165, 1.54) is 0 Å². The number of rotatable bonds is 6. The number of aliphatic carboxylic acids is 1. The zero-order valence-electron chi connectivity index (χ0n) is 15.5. The van der Waals surface area contributed by atoms with Gasteiger partial charge in [-0.05, 0) is 35.7 Å². The first-order chi connectivity index (χ1) is 13.8. The summed E-state index contributed by atoms with van der Waals surface area (Å²) < 4.78 is 0. The number of aromatic nitrogens is 2. The molecule has 29 heavy (non-hydrogen) atoms. The highest BCUT2D eigenvalue weighted by molar-refractivity contribution is 6.30. The second-order valence-electron chi connectivity index (χ2n) is 6.38. The lowest BCUT2D eigenvalue weighted by molar-refractivity contribution is -0.135. The summed E-state index contributed by atoms with van der Waals surface area (Å²) in [4.78, 5) is 31.1. The topological polar surface area (TPSA) is 112 Å². The summed E-state index contributed by atoms with van der Waals surface area (Å²) in [5.74, 6) is -1.98. The third-order valence-electron chi connectivity index (χ3n) is 4.21. The fourth-order valence-corrected chi connectivity index (χ4v) is 2.87. The van der Waals surface area contributed by atoms with Gasteiger partial charge in [0.2, 0.25) is 0 Å². The molecular weight excluding hydrogens is 394 g/mol. The largest absolute Gasteiger partial charge is 0.504 e. The highest BCUT2D eigenvalue weighted by Crippen LogP contribution is 2.23. The average Bonchev–Trinajstić information content (AvgIpc) is 2.70. The number of nitrogens with one attached hydrogen (secondary N) is 1. The van der Waals surface area contributed by atoms with Crippen LogP contribution < -0.4 is 5.32 Å². The van der Waals surface area contributed by atoms with E-state index >= 15 is 0 Å². The third kappa shape index (κ3) is 5.08. The van der Waals surface area contributed by atoms with E-state index < -0.39 is 18.4 Å². The zero-order chi connectivity index (χ0) is 21.0. The van der Waals surface area contributed by atoms with Crippen LogP contribution in [0.25, 0.3) is 11.1 Å². The van der Waals surface area contributed by atoms with Crippen LogP contribution in [0.15, 0.2) is 48.5 Å². The Balaban J connectivity index is 1.80. The minimum atomic E-state index is -1.19. The number of hydrogen-bond donors (Lipinski definition) is 3. The number of carbonyl (C=O) groups excluding carboxylic acids is 1. The molecule has 0 spiro atoms. The Morgan fingerprint density at radius 1 is 1.00 bits per heavy atom. The van der Waals surface area contributed by atoms with Crippen molar-refractivity contribution >= 4 is 23.5 Å². The SMILES string of the molecule is Cc1nc(Cc2ccc(-c3ccc(Cl)cc3)cc2)nc(C(=O)NCC(=O)O)c1O. The Kier molecular flexibility index (Phi) is 6.09. The fourth-order valence-electron chi connectivity index (χ4n) is 2.74. The van der Waals surface area contributed by atoms with Gasteiger partial charge in [-0.1, -0.05) is 48.0 Å². The molecule has 0 radical (unpaired) electrons. The van der Waals surface area contributed by atoms with Gasteiger partial charge in [0.1, 0.15) is 12.4 Å². The van der Waals surface area contributed by atoms with Crippen molar-refractivity contribution in [2.45, 2.75) is 13.3 Å².